The third-order valence-corrected chi connectivity index (χ3v) is 7.36. The predicted octanol–water partition coefficient (Wildman–Crippen LogP) is 5.12. The molecule has 0 spiro atoms. The summed E-state index contributed by atoms with van der Waals surface area (Å²) in [4.78, 5) is 18.0. The van der Waals surface area contributed by atoms with E-state index < -0.39 is 5.54 Å². The molecule has 1 aliphatic heterocycles. The lowest BCUT2D eigenvalue weighted by Gasteiger charge is -2.40. The van der Waals surface area contributed by atoms with Crippen molar-refractivity contribution in [2.45, 2.75) is 38.8 Å². The van der Waals surface area contributed by atoms with Crippen LogP contribution in [-0.4, -0.2) is 32.3 Å². The van der Waals surface area contributed by atoms with Gasteiger partial charge in [0.1, 0.15) is 17.9 Å². The number of fused-ring (bicyclic) bond motifs is 3. The molecule has 1 amide bonds. The Kier molecular flexibility index (Phi) is 5.56. The number of carbonyl (C=O) groups is 1. The Hall–Kier alpha value is -4.39. The van der Waals surface area contributed by atoms with Crippen molar-refractivity contribution in [3.05, 3.63) is 107 Å². The molecule has 0 fully saturated rings. The maximum absolute atomic E-state index is 13.8. The summed E-state index contributed by atoms with van der Waals surface area (Å²) >= 11 is 0. The zero-order chi connectivity index (χ0) is 25.6. The van der Waals surface area contributed by atoms with Crippen molar-refractivity contribution in [2.75, 3.05) is 7.11 Å². The second-order valence-corrected chi connectivity index (χ2v) is 9.81. The summed E-state index contributed by atoms with van der Waals surface area (Å²) in [5, 5.41) is 9.05. The maximum Gasteiger partial charge on any atom is 0.255 e. The van der Waals surface area contributed by atoms with E-state index in [1.807, 2.05) is 37.3 Å². The highest BCUT2D eigenvalue weighted by atomic mass is 16.5. The third-order valence-electron chi connectivity index (χ3n) is 7.36. The number of aryl methyl sites for hydroxylation is 3. The van der Waals surface area contributed by atoms with E-state index in [9.17, 15) is 4.79 Å². The molecule has 1 N–H and O–H groups in total. The van der Waals surface area contributed by atoms with E-state index >= 15 is 0 Å². The second-order valence-electron chi connectivity index (χ2n) is 9.81. The molecule has 1 atom stereocenters. The summed E-state index contributed by atoms with van der Waals surface area (Å²) in [5.74, 6) is 0.998. The molecule has 0 saturated heterocycles. The average Bonchev–Trinajstić information content (AvgIpc) is 3.51. The van der Waals surface area contributed by atoms with Crippen LogP contribution in [0.3, 0.4) is 0 Å². The van der Waals surface area contributed by atoms with Crippen LogP contribution in [0.5, 0.6) is 5.75 Å². The van der Waals surface area contributed by atoms with Gasteiger partial charge in [0, 0.05) is 22.7 Å². The van der Waals surface area contributed by atoms with Crippen LogP contribution < -0.4 is 10.1 Å². The second kappa shape index (κ2) is 8.92. The van der Waals surface area contributed by atoms with E-state index in [4.69, 9.17) is 4.74 Å². The van der Waals surface area contributed by atoms with Crippen molar-refractivity contribution in [3.8, 4) is 11.4 Å². The fraction of sp³-hybridized carbons (Fsp3) is 0.233. The van der Waals surface area contributed by atoms with Crippen LogP contribution in [0.2, 0.25) is 0 Å². The zero-order valence-corrected chi connectivity index (χ0v) is 21.2. The number of methoxy groups -OCH3 is 1. The van der Waals surface area contributed by atoms with Crippen molar-refractivity contribution < 1.29 is 9.53 Å². The SMILES string of the molecule is COc1cc(-n2cnc(C)n2)ccc1C(=O)N[C@]1(c2ccccc2)CCc2cc3cc(C)ccc3n2C1. The lowest BCUT2D eigenvalue weighted by molar-refractivity contribution is 0.0865. The van der Waals surface area contributed by atoms with E-state index in [0.29, 0.717) is 23.7 Å². The number of ether oxygens (including phenoxy) is 1. The summed E-state index contributed by atoms with van der Waals surface area (Å²) in [5.41, 5.74) is 5.53. The Labute approximate surface area is 215 Å². The standard InChI is InChI=1S/C30H29N5O2/c1-20-9-12-27-22(15-20)16-24-13-14-30(18-34(24)27,23-7-5-4-6-8-23)32-29(36)26-11-10-25(17-28(26)37-3)35-19-31-21(2)33-35/h4-12,15-17,19H,13-14,18H2,1-3H3,(H,32,36)/t30-/m1/s1. The average molecular weight is 492 g/mol. The first-order chi connectivity index (χ1) is 18.0. The van der Waals surface area contributed by atoms with Crippen molar-refractivity contribution in [1.29, 1.82) is 0 Å². The normalized spacial score (nSPS) is 16.9. The molecule has 7 nitrogen and oxygen atoms in total. The topological polar surface area (TPSA) is 74.0 Å². The molecule has 37 heavy (non-hydrogen) atoms. The maximum atomic E-state index is 13.8. The predicted molar refractivity (Wildman–Crippen MR) is 143 cm³/mol. The Balaban J connectivity index is 1.38. The largest absolute Gasteiger partial charge is 0.496 e. The molecule has 0 saturated carbocycles. The molecule has 3 heterocycles. The first-order valence-corrected chi connectivity index (χ1v) is 12.5. The van der Waals surface area contributed by atoms with E-state index in [2.05, 4.69) is 63.3 Å². The number of nitrogens with one attached hydrogen (secondary N) is 1. The molecular weight excluding hydrogens is 462 g/mol. The highest BCUT2D eigenvalue weighted by molar-refractivity contribution is 5.98. The molecule has 7 heteroatoms. The molecular formula is C30H29N5O2. The van der Waals surface area contributed by atoms with Gasteiger partial charge in [-0.2, -0.15) is 5.10 Å². The summed E-state index contributed by atoms with van der Waals surface area (Å²) < 4.78 is 9.68. The minimum atomic E-state index is -0.561. The molecule has 6 rings (SSSR count). The quantitative estimate of drug-likeness (QED) is 0.370. The van der Waals surface area contributed by atoms with Gasteiger partial charge in [-0.05, 0) is 62.6 Å². The Morgan fingerprint density at radius 1 is 1.03 bits per heavy atom. The van der Waals surface area contributed by atoms with Gasteiger partial charge in [0.2, 0.25) is 0 Å². The summed E-state index contributed by atoms with van der Waals surface area (Å²) in [6.45, 7) is 4.61. The first kappa shape index (κ1) is 23.0. The molecule has 0 radical (unpaired) electrons. The number of carbonyl (C=O) groups excluding carboxylic acids is 1. The molecule has 1 aliphatic rings. The molecule has 0 unspecified atom stereocenters. The van der Waals surface area contributed by atoms with Crippen LogP contribution in [-0.2, 0) is 18.5 Å². The highest BCUT2D eigenvalue weighted by Gasteiger charge is 2.39. The van der Waals surface area contributed by atoms with Gasteiger partial charge >= 0.3 is 0 Å². The first-order valence-electron chi connectivity index (χ1n) is 12.5. The van der Waals surface area contributed by atoms with Crippen molar-refractivity contribution in [1.82, 2.24) is 24.6 Å². The molecule has 186 valence electrons. The molecule has 3 aromatic carbocycles. The van der Waals surface area contributed by atoms with Gasteiger partial charge in [0.05, 0.1) is 30.4 Å². The van der Waals surface area contributed by atoms with Crippen molar-refractivity contribution in [2.24, 2.45) is 0 Å². The van der Waals surface area contributed by atoms with E-state index in [-0.39, 0.29) is 5.91 Å². The number of aromatic nitrogens is 4. The summed E-state index contributed by atoms with van der Waals surface area (Å²) in [7, 11) is 1.58. The fourth-order valence-electron chi connectivity index (χ4n) is 5.46. The van der Waals surface area contributed by atoms with Crippen LogP contribution >= 0.6 is 0 Å². The smallest absolute Gasteiger partial charge is 0.255 e. The number of nitrogens with zero attached hydrogens (tertiary/aromatic N) is 4. The number of rotatable bonds is 5. The Morgan fingerprint density at radius 2 is 1.86 bits per heavy atom. The van der Waals surface area contributed by atoms with E-state index in [0.717, 1.165) is 24.1 Å². The Bertz CT molecular complexity index is 1620. The van der Waals surface area contributed by atoms with Crippen molar-refractivity contribution >= 4 is 16.8 Å². The van der Waals surface area contributed by atoms with Crippen LogP contribution in [0.1, 0.15) is 39.4 Å². The molecule has 0 aliphatic carbocycles. The van der Waals surface area contributed by atoms with Crippen LogP contribution in [0.25, 0.3) is 16.6 Å². The lowest BCUT2D eigenvalue weighted by Crippen LogP contribution is -2.51. The van der Waals surface area contributed by atoms with Gasteiger partial charge in [0.15, 0.2) is 0 Å². The van der Waals surface area contributed by atoms with Gasteiger partial charge in [-0.3, -0.25) is 4.79 Å². The van der Waals surface area contributed by atoms with Crippen LogP contribution in [0.15, 0.2) is 79.1 Å². The van der Waals surface area contributed by atoms with Gasteiger partial charge in [-0.15, -0.1) is 0 Å². The number of hydrogen-bond acceptors (Lipinski definition) is 4. The minimum Gasteiger partial charge on any atom is -0.496 e. The Morgan fingerprint density at radius 3 is 2.62 bits per heavy atom. The molecule has 0 bridgehead atoms. The number of benzene rings is 3. The van der Waals surface area contributed by atoms with Crippen LogP contribution in [0.4, 0.5) is 0 Å². The highest BCUT2D eigenvalue weighted by Crippen LogP contribution is 2.37. The molecule has 2 aromatic heterocycles. The number of amides is 1. The monoisotopic (exact) mass is 491 g/mol. The number of hydrogen-bond donors (Lipinski definition) is 1. The van der Waals surface area contributed by atoms with Crippen LogP contribution in [0, 0.1) is 13.8 Å². The summed E-state index contributed by atoms with van der Waals surface area (Å²) in [6.07, 6.45) is 3.32. The zero-order valence-electron chi connectivity index (χ0n) is 21.2. The lowest BCUT2D eigenvalue weighted by atomic mass is 9.82. The van der Waals surface area contributed by atoms with E-state index in [1.165, 1.54) is 22.2 Å². The van der Waals surface area contributed by atoms with Crippen molar-refractivity contribution in [3.63, 3.8) is 0 Å². The van der Waals surface area contributed by atoms with Gasteiger partial charge < -0.3 is 14.6 Å². The van der Waals surface area contributed by atoms with Gasteiger partial charge in [0.25, 0.3) is 5.91 Å². The van der Waals surface area contributed by atoms with Gasteiger partial charge in [-0.1, -0.05) is 42.0 Å². The minimum absolute atomic E-state index is 0.169. The summed E-state index contributed by atoms with van der Waals surface area (Å²) in [6, 6.07) is 24.6. The van der Waals surface area contributed by atoms with E-state index in [1.54, 1.807) is 24.2 Å². The fourth-order valence-corrected chi connectivity index (χ4v) is 5.46. The third kappa shape index (κ3) is 4.06. The molecule has 5 aromatic rings. The van der Waals surface area contributed by atoms with Gasteiger partial charge in [-0.25, -0.2) is 9.67 Å².